The molecular weight excluding hydrogens is 350 g/mol. The molecule has 0 saturated heterocycles. The number of aliphatic hydroxyl groups excluding tert-OH is 1. The molecule has 0 amide bonds. The van der Waals surface area contributed by atoms with Crippen molar-refractivity contribution < 1.29 is 19.5 Å². The first-order valence-corrected chi connectivity index (χ1v) is 9.59. The van der Waals surface area contributed by atoms with Crippen molar-refractivity contribution in [1.29, 1.82) is 0 Å². The molecule has 0 unspecified atom stereocenters. The van der Waals surface area contributed by atoms with Gasteiger partial charge in [-0.1, -0.05) is 60.7 Å². The lowest BCUT2D eigenvalue weighted by atomic mass is 10.1. The molecular formula is C24H28NO3+. The van der Waals surface area contributed by atoms with Gasteiger partial charge in [0.1, 0.15) is 43.8 Å². The third-order valence-corrected chi connectivity index (χ3v) is 4.62. The standard InChI is InChI=1S/C24H27NO3/c1-27-23-12-14-24(15-13-23)28-19-22(26)18-25(16-20-8-4-2-5-9-20)17-21-10-6-3-7-11-21/h2-15,22,26H,16-19H2,1H3/p+1/t22-/m1/s1. The second-order valence-electron chi connectivity index (χ2n) is 6.92. The SMILES string of the molecule is COc1ccc(OC[C@H](O)C[NH+](Cc2ccccc2)Cc2ccccc2)cc1. The average molecular weight is 378 g/mol. The van der Waals surface area contributed by atoms with Gasteiger partial charge in [0.25, 0.3) is 0 Å². The highest BCUT2D eigenvalue weighted by atomic mass is 16.5. The molecule has 0 aromatic heterocycles. The molecule has 1 atom stereocenters. The van der Waals surface area contributed by atoms with Crippen LogP contribution in [-0.4, -0.2) is 31.5 Å². The van der Waals surface area contributed by atoms with Crippen LogP contribution >= 0.6 is 0 Å². The van der Waals surface area contributed by atoms with E-state index < -0.39 is 6.10 Å². The summed E-state index contributed by atoms with van der Waals surface area (Å²) >= 11 is 0. The predicted octanol–water partition coefficient (Wildman–Crippen LogP) is 2.72. The highest BCUT2D eigenvalue weighted by Crippen LogP contribution is 2.17. The number of ether oxygens (including phenoxy) is 2. The number of methoxy groups -OCH3 is 1. The van der Waals surface area contributed by atoms with Gasteiger partial charge in [-0.15, -0.1) is 0 Å². The van der Waals surface area contributed by atoms with Gasteiger partial charge in [0.05, 0.1) is 7.11 Å². The molecule has 28 heavy (non-hydrogen) atoms. The van der Waals surface area contributed by atoms with Crippen molar-refractivity contribution in [3.63, 3.8) is 0 Å². The molecule has 2 N–H and O–H groups in total. The number of quaternary nitrogens is 1. The van der Waals surface area contributed by atoms with Crippen LogP contribution in [0.3, 0.4) is 0 Å². The van der Waals surface area contributed by atoms with Crippen molar-refractivity contribution in [2.24, 2.45) is 0 Å². The van der Waals surface area contributed by atoms with Crippen LogP contribution < -0.4 is 14.4 Å². The fraction of sp³-hybridized carbons (Fsp3) is 0.250. The second kappa shape index (κ2) is 10.5. The van der Waals surface area contributed by atoms with Crippen molar-refractivity contribution in [2.45, 2.75) is 19.2 Å². The van der Waals surface area contributed by atoms with E-state index in [4.69, 9.17) is 9.47 Å². The summed E-state index contributed by atoms with van der Waals surface area (Å²) in [5.74, 6) is 1.52. The van der Waals surface area contributed by atoms with Crippen LogP contribution in [0.4, 0.5) is 0 Å². The van der Waals surface area contributed by atoms with Gasteiger partial charge < -0.3 is 19.5 Å². The summed E-state index contributed by atoms with van der Waals surface area (Å²) in [6.07, 6.45) is -0.551. The zero-order chi connectivity index (χ0) is 19.6. The molecule has 0 fully saturated rings. The maximum Gasteiger partial charge on any atom is 0.137 e. The van der Waals surface area contributed by atoms with E-state index >= 15 is 0 Å². The normalized spacial score (nSPS) is 12.0. The Labute approximate surface area is 167 Å². The lowest BCUT2D eigenvalue weighted by molar-refractivity contribution is -0.930. The van der Waals surface area contributed by atoms with Crippen LogP contribution in [0.15, 0.2) is 84.9 Å². The van der Waals surface area contributed by atoms with E-state index in [-0.39, 0.29) is 6.61 Å². The average Bonchev–Trinajstić information content (AvgIpc) is 2.74. The fourth-order valence-corrected chi connectivity index (χ4v) is 3.23. The molecule has 0 radical (unpaired) electrons. The molecule has 146 valence electrons. The third kappa shape index (κ3) is 6.41. The zero-order valence-electron chi connectivity index (χ0n) is 16.3. The summed E-state index contributed by atoms with van der Waals surface area (Å²) in [4.78, 5) is 1.29. The van der Waals surface area contributed by atoms with Crippen LogP contribution in [-0.2, 0) is 13.1 Å². The fourth-order valence-electron chi connectivity index (χ4n) is 3.23. The second-order valence-corrected chi connectivity index (χ2v) is 6.92. The summed E-state index contributed by atoms with van der Waals surface area (Å²) in [7, 11) is 1.64. The summed E-state index contributed by atoms with van der Waals surface area (Å²) in [6.45, 7) is 2.59. The van der Waals surface area contributed by atoms with Crippen molar-refractivity contribution in [3.8, 4) is 11.5 Å². The Morgan fingerprint density at radius 2 is 1.25 bits per heavy atom. The van der Waals surface area contributed by atoms with Gasteiger partial charge in [-0.2, -0.15) is 0 Å². The topological polar surface area (TPSA) is 43.1 Å². The number of benzene rings is 3. The number of rotatable bonds is 10. The van der Waals surface area contributed by atoms with E-state index in [1.807, 2.05) is 36.4 Å². The Morgan fingerprint density at radius 1 is 0.750 bits per heavy atom. The van der Waals surface area contributed by atoms with Gasteiger partial charge in [-0.3, -0.25) is 0 Å². The Hall–Kier alpha value is -2.82. The van der Waals surface area contributed by atoms with Gasteiger partial charge in [0.15, 0.2) is 0 Å². The Morgan fingerprint density at radius 3 is 1.75 bits per heavy atom. The monoisotopic (exact) mass is 378 g/mol. The molecule has 0 aliphatic carbocycles. The summed E-state index contributed by atoms with van der Waals surface area (Å²) in [6, 6.07) is 28.2. The Bertz CT molecular complexity index is 765. The van der Waals surface area contributed by atoms with E-state index in [9.17, 15) is 5.11 Å². The number of hydrogen-bond donors (Lipinski definition) is 2. The minimum atomic E-state index is -0.551. The van der Waals surface area contributed by atoms with Gasteiger partial charge >= 0.3 is 0 Å². The molecule has 0 spiro atoms. The third-order valence-electron chi connectivity index (χ3n) is 4.62. The van der Waals surface area contributed by atoms with Crippen molar-refractivity contribution in [2.75, 3.05) is 20.3 Å². The quantitative estimate of drug-likeness (QED) is 0.570. The van der Waals surface area contributed by atoms with E-state index in [0.29, 0.717) is 6.54 Å². The first kappa shape index (κ1) is 19.9. The molecule has 0 bridgehead atoms. The molecule has 3 aromatic rings. The van der Waals surface area contributed by atoms with Crippen molar-refractivity contribution >= 4 is 0 Å². The minimum absolute atomic E-state index is 0.263. The van der Waals surface area contributed by atoms with Gasteiger partial charge in [-0.05, 0) is 24.3 Å². The smallest absolute Gasteiger partial charge is 0.137 e. The first-order valence-electron chi connectivity index (χ1n) is 9.59. The molecule has 4 heteroatoms. The molecule has 4 nitrogen and oxygen atoms in total. The predicted molar refractivity (Wildman–Crippen MR) is 111 cm³/mol. The first-order chi connectivity index (χ1) is 13.7. The lowest BCUT2D eigenvalue weighted by Gasteiger charge is -2.23. The maximum absolute atomic E-state index is 10.6. The zero-order valence-corrected chi connectivity index (χ0v) is 16.3. The van der Waals surface area contributed by atoms with Gasteiger partial charge in [0.2, 0.25) is 0 Å². The van der Waals surface area contributed by atoms with Gasteiger partial charge in [0, 0.05) is 11.1 Å². The summed E-state index contributed by atoms with van der Waals surface area (Å²) in [5.41, 5.74) is 2.52. The van der Waals surface area contributed by atoms with Crippen LogP contribution in [0.1, 0.15) is 11.1 Å². The van der Waals surface area contributed by atoms with Crippen molar-refractivity contribution in [3.05, 3.63) is 96.1 Å². The molecule has 0 aliphatic rings. The number of hydrogen-bond acceptors (Lipinski definition) is 3. The molecule has 3 rings (SSSR count). The van der Waals surface area contributed by atoms with Crippen LogP contribution in [0, 0.1) is 0 Å². The molecule has 0 saturated carbocycles. The molecule has 3 aromatic carbocycles. The maximum atomic E-state index is 10.6. The van der Waals surface area contributed by atoms with Crippen LogP contribution in [0.5, 0.6) is 11.5 Å². The molecule has 0 heterocycles. The molecule has 0 aliphatic heterocycles. The Balaban J connectivity index is 1.58. The number of nitrogens with one attached hydrogen (secondary N) is 1. The largest absolute Gasteiger partial charge is 0.497 e. The van der Waals surface area contributed by atoms with E-state index in [1.165, 1.54) is 16.0 Å². The van der Waals surface area contributed by atoms with Crippen LogP contribution in [0.2, 0.25) is 0 Å². The van der Waals surface area contributed by atoms with E-state index in [0.717, 1.165) is 24.6 Å². The highest BCUT2D eigenvalue weighted by Gasteiger charge is 2.17. The summed E-state index contributed by atoms with van der Waals surface area (Å²) < 4.78 is 10.9. The van der Waals surface area contributed by atoms with Gasteiger partial charge in [-0.25, -0.2) is 0 Å². The highest BCUT2D eigenvalue weighted by molar-refractivity contribution is 5.31. The van der Waals surface area contributed by atoms with E-state index in [1.54, 1.807) is 7.11 Å². The lowest BCUT2D eigenvalue weighted by Crippen LogP contribution is -3.10. The van der Waals surface area contributed by atoms with Crippen molar-refractivity contribution in [1.82, 2.24) is 0 Å². The van der Waals surface area contributed by atoms with E-state index in [2.05, 4.69) is 48.5 Å². The van der Waals surface area contributed by atoms with Crippen LogP contribution in [0.25, 0.3) is 0 Å². The number of aliphatic hydroxyl groups is 1. The Kier molecular flexibility index (Phi) is 7.47. The summed E-state index contributed by atoms with van der Waals surface area (Å²) in [5, 5.41) is 10.6. The minimum Gasteiger partial charge on any atom is -0.497 e.